The first kappa shape index (κ1) is 17.3. The molecule has 0 radical (unpaired) electrons. The molecule has 0 bridgehead atoms. The van der Waals surface area contributed by atoms with E-state index in [9.17, 15) is 0 Å². The predicted octanol–water partition coefficient (Wildman–Crippen LogP) is 2.53. The maximum absolute atomic E-state index is 4.66. The van der Waals surface area contributed by atoms with Gasteiger partial charge in [-0.1, -0.05) is 12.5 Å². The van der Waals surface area contributed by atoms with E-state index in [1.54, 1.807) is 6.20 Å². The summed E-state index contributed by atoms with van der Waals surface area (Å²) in [6, 6.07) is 1.93. The van der Waals surface area contributed by atoms with Gasteiger partial charge in [-0.05, 0) is 32.3 Å². The van der Waals surface area contributed by atoms with E-state index in [0.29, 0.717) is 0 Å². The highest BCUT2D eigenvalue weighted by atomic mass is 15.3. The van der Waals surface area contributed by atoms with Crippen molar-refractivity contribution in [2.75, 3.05) is 26.7 Å². The summed E-state index contributed by atoms with van der Waals surface area (Å²) in [6.07, 6.45) is 10.5. The van der Waals surface area contributed by atoms with Crippen LogP contribution in [-0.4, -0.2) is 47.3 Å². The molecule has 0 saturated carbocycles. The lowest BCUT2D eigenvalue weighted by Crippen LogP contribution is -2.39. The first-order valence-electron chi connectivity index (χ1n) is 7.85. The van der Waals surface area contributed by atoms with Crippen molar-refractivity contribution in [3.8, 4) is 0 Å². The van der Waals surface area contributed by atoms with Gasteiger partial charge in [0, 0.05) is 32.5 Å². The molecule has 1 aromatic rings. The van der Waals surface area contributed by atoms with Gasteiger partial charge in [0.2, 0.25) is 0 Å². The Balaban J connectivity index is 2.33. The second kappa shape index (κ2) is 10.9. The van der Waals surface area contributed by atoms with Crippen LogP contribution in [0.3, 0.4) is 0 Å². The van der Waals surface area contributed by atoms with Crippen molar-refractivity contribution in [3.63, 3.8) is 0 Å². The minimum absolute atomic E-state index is 0.741. The summed E-state index contributed by atoms with van der Waals surface area (Å²) < 4.78 is 1.91. The summed E-state index contributed by atoms with van der Waals surface area (Å²) in [6.45, 7) is 9.33. The molecule has 0 fully saturated rings. The summed E-state index contributed by atoms with van der Waals surface area (Å²) >= 11 is 0. The van der Waals surface area contributed by atoms with Crippen LogP contribution >= 0.6 is 0 Å². The van der Waals surface area contributed by atoms with Crippen LogP contribution in [-0.2, 0) is 6.54 Å². The van der Waals surface area contributed by atoms with Gasteiger partial charge in [-0.3, -0.25) is 9.67 Å². The molecule has 0 aliphatic carbocycles. The third kappa shape index (κ3) is 7.54. The van der Waals surface area contributed by atoms with Crippen molar-refractivity contribution >= 4 is 5.96 Å². The SMILES string of the molecule is C=CCCCCCN(C)C(=NCCn1cccn1)NCC. The molecule has 5 nitrogen and oxygen atoms in total. The van der Waals surface area contributed by atoms with E-state index in [4.69, 9.17) is 0 Å². The van der Waals surface area contributed by atoms with Gasteiger partial charge in [0.1, 0.15) is 0 Å². The van der Waals surface area contributed by atoms with Gasteiger partial charge in [-0.25, -0.2) is 0 Å². The Morgan fingerprint density at radius 1 is 1.43 bits per heavy atom. The number of unbranched alkanes of at least 4 members (excludes halogenated alkanes) is 3. The number of guanidine groups is 1. The highest BCUT2D eigenvalue weighted by molar-refractivity contribution is 5.79. The largest absolute Gasteiger partial charge is 0.357 e. The Bertz CT molecular complexity index is 397. The molecule has 5 heteroatoms. The van der Waals surface area contributed by atoms with E-state index in [1.807, 2.05) is 23.0 Å². The first-order chi connectivity index (χ1) is 10.3. The molecule has 0 spiro atoms. The molecule has 0 atom stereocenters. The molecule has 0 unspecified atom stereocenters. The van der Waals surface area contributed by atoms with Gasteiger partial charge in [-0.2, -0.15) is 5.10 Å². The summed E-state index contributed by atoms with van der Waals surface area (Å²) in [4.78, 5) is 6.87. The highest BCUT2D eigenvalue weighted by Crippen LogP contribution is 2.01. The lowest BCUT2D eigenvalue weighted by atomic mass is 10.2. The van der Waals surface area contributed by atoms with Crippen molar-refractivity contribution in [2.24, 2.45) is 4.99 Å². The molecule has 118 valence electrons. The first-order valence-corrected chi connectivity index (χ1v) is 7.85. The second-order valence-electron chi connectivity index (χ2n) is 5.06. The topological polar surface area (TPSA) is 45.5 Å². The zero-order valence-corrected chi connectivity index (χ0v) is 13.5. The van der Waals surface area contributed by atoms with E-state index in [2.05, 4.69) is 40.9 Å². The lowest BCUT2D eigenvalue weighted by molar-refractivity contribution is 0.454. The Morgan fingerprint density at radius 2 is 2.29 bits per heavy atom. The molecule has 0 amide bonds. The van der Waals surface area contributed by atoms with Gasteiger partial charge in [-0.15, -0.1) is 6.58 Å². The van der Waals surface area contributed by atoms with Crippen LogP contribution in [0.1, 0.15) is 32.6 Å². The van der Waals surface area contributed by atoms with Gasteiger partial charge < -0.3 is 10.2 Å². The van der Waals surface area contributed by atoms with Crippen LogP contribution in [0.5, 0.6) is 0 Å². The number of nitrogens with one attached hydrogen (secondary N) is 1. The number of nitrogens with zero attached hydrogens (tertiary/aromatic N) is 4. The average Bonchev–Trinajstić information content (AvgIpc) is 2.99. The Labute approximate surface area is 128 Å². The van der Waals surface area contributed by atoms with Crippen LogP contribution in [0.25, 0.3) is 0 Å². The van der Waals surface area contributed by atoms with Crippen LogP contribution < -0.4 is 5.32 Å². The van der Waals surface area contributed by atoms with Gasteiger partial charge in [0.25, 0.3) is 0 Å². The van der Waals surface area contributed by atoms with E-state index in [0.717, 1.165) is 38.6 Å². The van der Waals surface area contributed by atoms with Gasteiger partial charge >= 0.3 is 0 Å². The summed E-state index contributed by atoms with van der Waals surface area (Å²) in [5.74, 6) is 0.980. The maximum Gasteiger partial charge on any atom is 0.193 e. The van der Waals surface area contributed by atoms with Crippen LogP contribution in [0, 0.1) is 0 Å². The van der Waals surface area contributed by atoms with Gasteiger partial charge in [0.15, 0.2) is 5.96 Å². The fourth-order valence-corrected chi connectivity index (χ4v) is 2.08. The normalized spacial score (nSPS) is 11.4. The lowest BCUT2D eigenvalue weighted by Gasteiger charge is -2.22. The van der Waals surface area contributed by atoms with E-state index in [-0.39, 0.29) is 0 Å². The van der Waals surface area contributed by atoms with Crippen LogP contribution in [0.4, 0.5) is 0 Å². The molecular weight excluding hydrogens is 262 g/mol. The number of rotatable bonds is 10. The molecule has 0 aliphatic heterocycles. The summed E-state index contributed by atoms with van der Waals surface area (Å²) in [5, 5.41) is 7.53. The van der Waals surface area contributed by atoms with Crippen LogP contribution in [0.2, 0.25) is 0 Å². The molecule has 0 aliphatic rings. The number of hydrogen-bond donors (Lipinski definition) is 1. The number of aliphatic imine (C=N–C) groups is 1. The summed E-state index contributed by atoms with van der Waals surface area (Å²) in [7, 11) is 2.10. The molecule has 1 aromatic heterocycles. The quantitative estimate of drug-likeness (QED) is 0.312. The Morgan fingerprint density at radius 3 is 2.95 bits per heavy atom. The highest BCUT2D eigenvalue weighted by Gasteiger charge is 2.04. The van der Waals surface area contributed by atoms with Crippen LogP contribution in [0.15, 0.2) is 36.1 Å². The standard InChI is InChI=1S/C16H29N5/c1-4-6-7-8-9-13-20(3)16(17-5-2)18-12-15-21-14-10-11-19-21/h4,10-11,14H,1,5-9,12-13,15H2,2-3H3,(H,17,18). The maximum atomic E-state index is 4.66. The van der Waals surface area contributed by atoms with E-state index in [1.165, 1.54) is 19.3 Å². The zero-order chi connectivity index (χ0) is 15.3. The fraction of sp³-hybridized carbons (Fsp3) is 0.625. The molecule has 0 aromatic carbocycles. The summed E-state index contributed by atoms with van der Waals surface area (Å²) in [5.41, 5.74) is 0. The van der Waals surface area contributed by atoms with Crippen molar-refractivity contribution < 1.29 is 0 Å². The fourth-order valence-electron chi connectivity index (χ4n) is 2.08. The van der Waals surface area contributed by atoms with E-state index >= 15 is 0 Å². The smallest absolute Gasteiger partial charge is 0.193 e. The zero-order valence-electron chi connectivity index (χ0n) is 13.5. The third-order valence-electron chi connectivity index (χ3n) is 3.25. The van der Waals surface area contributed by atoms with Crippen molar-refractivity contribution in [3.05, 3.63) is 31.1 Å². The monoisotopic (exact) mass is 291 g/mol. The predicted molar refractivity (Wildman–Crippen MR) is 89.5 cm³/mol. The van der Waals surface area contributed by atoms with Crippen molar-refractivity contribution in [1.82, 2.24) is 20.0 Å². The molecule has 21 heavy (non-hydrogen) atoms. The van der Waals surface area contributed by atoms with Gasteiger partial charge in [0.05, 0.1) is 13.1 Å². The molecule has 1 heterocycles. The minimum atomic E-state index is 0.741. The number of allylic oxidation sites excluding steroid dienone is 1. The molecule has 1 N–H and O–H groups in total. The second-order valence-corrected chi connectivity index (χ2v) is 5.06. The molecule has 0 saturated heterocycles. The minimum Gasteiger partial charge on any atom is -0.357 e. The van der Waals surface area contributed by atoms with Crippen molar-refractivity contribution in [2.45, 2.75) is 39.2 Å². The van der Waals surface area contributed by atoms with E-state index < -0.39 is 0 Å². The van der Waals surface area contributed by atoms with Crippen molar-refractivity contribution in [1.29, 1.82) is 0 Å². The number of hydrogen-bond acceptors (Lipinski definition) is 2. The Kier molecular flexibility index (Phi) is 9.00. The average molecular weight is 291 g/mol. The molecular formula is C16H29N5. The third-order valence-corrected chi connectivity index (χ3v) is 3.25. The Hall–Kier alpha value is -1.78. The molecule has 1 rings (SSSR count). The number of aromatic nitrogens is 2.